The Morgan fingerprint density at radius 1 is 1.13 bits per heavy atom. The Kier molecular flexibility index (Phi) is 5.69. The highest BCUT2D eigenvalue weighted by atomic mass is 32.1. The fourth-order valence-electron chi connectivity index (χ4n) is 3.24. The van der Waals surface area contributed by atoms with Gasteiger partial charge in [0.2, 0.25) is 0 Å². The van der Waals surface area contributed by atoms with Crippen molar-refractivity contribution in [2.45, 2.75) is 41.5 Å². The van der Waals surface area contributed by atoms with Crippen LogP contribution in [0.1, 0.15) is 43.4 Å². The van der Waals surface area contributed by atoms with Gasteiger partial charge in [-0.05, 0) is 44.0 Å². The molecule has 0 aliphatic rings. The summed E-state index contributed by atoms with van der Waals surface area (Å²) < 4.78 is 7.84. The molecule has 30 heavy (non-hydrogen) atoms. The molecule has 2 aromatic heterocycles. The van der Waals surface area contributed by atoms with E-state index in [0.717, 1.165) is 28.2 Å². The number of Topliss-reactive ketones (excluding diaryl/α,β-unsaturated/α-hetero) is 1. The molecule has 3 rings (SSSR count). The number of carbonyl (C=O) groups is 1. The summed E-state index contributed by atoms with van der Waals surface area (Å²) >= 11 is 1.13. The maximum absolute atomic E-state index is 13.5. The zero-order valence-electron chi connectivity index (χ0n) is 18.0. The Bertz CT molecular complexity index is 1330. The maximum atomic E-state index is 13.5. The highest BCUT2D eigenvalue weighted by Gasteiger charge is 2.28. The summed E-state index contributed by atoms with van der Waals surface area (Å²) in [4.78, 5) is 26.5. The number of hydrogen-bond donors (Lipinski definition) is 0. The quantitative estimate of drug-likeness (QED) is 0.649. The second-order valence-corrected chi connectivity index (χ2v) is 9.34. The predicted molar refractivity (Wildman–Crippen MR) is 119 cm³/mol. The summed E-state index contributed by atoms with van der Waals surface area (Å²) in [7, 11) is 0. The predicted octanol–water partition coefficient (Wildman–Crippen LogP) is 3.54. The minimum Gasteiger partial charge on any atom is -0.462 e. The maximum Gasteiger partial charge on any atom is 0.273 e. The van der Waals surface area contributed by atoms with Crippen LogP contribution in [0.3, 0.4) is 0 Å². The highest BCUT2D eigenvalue weighted by molar-refractivity contribution is 7.07. The molecule has 154 valence electrons. The average Bonchev–Trinajstić information content (AvgIpc) is 3.20. The van der Waals surface area contributed by atoms with Crippen LogP contribution in [0.25, 0.3) is 17.3 Å². The molecule has 0 atom stereocenters. The standard InChI is InChI=1S/C24H24N2O3S/c1-14-8-7-9-15(2)20(14)26-22(28)19(12-17-11-10-16(3)29-17)30-23(26)18(13-25)21(27)24(4,5)6/h7-12H,1-6H3/b19-12-,23-18-. The average molecular weight is 421 g/mol. The molecule has 0 saturated heterocycles. The van der Waals surface area contributed by atoms with E-state index in [1.807, 2.05) is 45.0 Å². The second kappa shape index (κ2) is 7.92. The van der Waals surface area contributed by atoms with Crippen molar-refractivity contribution >= 4 is 28.8 Å². The number of ketones is 1. The Labute approximate surface area is 179 Å². The van der Waals surface area contributed by atoms with Gasteiger partial charge in [-0.2, -0.15) is 5.26 Å². The molecule has 5 nitrogen and oxygen atoms in total. The first kappa shape index (κ1) is 21.5. The number of thiazole rings is 1. The van der Waals surface area contributed by atoms with Gasteiger partial charge in [0.1, 0.15) is 27.8 Å². The number of para-hydroxylation sites is 1. The molecular weight excluding hydrogens is 396 g/mol. The Morgan fingerprint density at radius 3 is 2.27 bits per heavy atom. The van der Waals surface area contributed by atoms with E-state index in [0.29, 0.717) is 20.6 Å². The number of carbonyl (C=O) groups excluding carboxylic acids is 1. The number of benzene rings is 1. The summed E-state index contributed by atoms with van der Waals surface area (Å²) in [5.41, 5.74) is 1.42. The van der Waals surface area contributed by atoms with Gasteiger partial charge < -0.3 is 4.42 Å². The molecule has 0 spiro atoms. The van der Waals surface area contributed by atoms with Gasteiger partial charge in [-0.15, -0.1) is 11.3 Å². The Hall–Kier alpha value is -3.17. The zero-order chi connectivity index (χ0) is 22.2. The number of aromatic nitrogens is 1. The number of rotatable bonds is 3. The van der Waals surface area contributed by atoms with E-state index in [9.17, 15) is 14.9 Å². The first-order chi connectivity index (χ1) is 14.0. The van der Waals surface area contributed by atoms with E-state index in [-0.39, 0.29) is 16.9 Å². The lowest BCUT2D eigenvalue weighted by Crippen LogP contribution is -2.34. The van der Waals surface area contributed by atoms with Gasteiger partial charge in [0, 0.05) is 11.5 Å². The normalized spacial score (nSPS) is 13.3. The molecule has 2 heterocycles. The molecule has 6 heteroatoms. The molecule has 0 amide bonds. The topological polar surface area (TPSA) is 76.0 Å². The minimum absolute atomic E-state index is 0.0115. The summed E-state index contributed by atoms with van der Waals surface area (Å²) in [6.45, 7) is 10.9. The summed E-state index contributed by atoms with van der Waals surface area (Å²) in [5.74, 6) is 0.985. The van der Waals surface area contributed by atoms with E-state index in [4.69, 9.17) is 4.42 Å². The number of hydrogen-bond acceptors (Lipinski definition) is 5. The van der Waals surface area contributed by atoms with Crippen molar-refractivity contribution in [1.82, 2.24) is 4.57 Å². The molecule has 0 fully saturated rings. The molecule has 1 aromatic carbocycles. The summed E-state index contributed by atoms with van der Waals surface area (Å²) in [6, 6.07) is 11.4. The van der Waals surface area contributed by atoms with Gasteiger partial charge in [0.25, 0.3) is 5.56 Å². The van der Waals surface area contributed by atoms with Crippen molar-refractivity contribution in [3.05, 3.63) is 72.5 Å². The third kappa shape index (κ3) is 3.94. The van der Waals surface area contributed by atoms with E-state index in [1.54, 1.807) is 32.9 Å². The van der Waals surface area contributed by atoms with Crippen molar-refractivity contribution < 1.29 is 9.21 Å². The molecule has 0 bridgehead atoms. The molecule has 0 aliphatic heterocycles. The van der Waals surface area contributed by atoms with Crippen LogP contribution >= 0.6 is 11.3 Å². The van der Waals surface area contributed by atoms with Crippen LogP contribution in [0.2, 0.25) is 0 Å². The molecule has 3 aromatic rings. The molecule has 0 radical (unpaired) electrons. The lowest BCUT2D eigenvalue weighted by atomic mass is 9.87. The first-order valence-electron chi connectivity index (χ1n) is 9.60. The van der Waals surface area contributed by atoms with E-state index < -0.39 is 5.41 Å². The third-order valence-corrected chi connectivity index (χ3v) is 5.85. The van der Waals surface area contributed by atoms with Crippen molar-refractivity contribution in [2.24, 2.45) is 5.41 Å². The van der Waals surface area contributed by atoms with Gasteiger partial charge in [-0.3, -0.25) is 14.2 Å². The molecular formula is C24H24N2O3S. The van der Waals surface area contributed by atoms with Gasteiger partial charge in [0.15, 0.2) is 5.78 Å². The van der Waals surface area contributed by atoms with Crippen molar-refractivity contribution in [1.29, 1.82) is 5.26 Å². The SMILES string of the molecule is Cc1ccc(/C=c2\s/c(=C(/C#N)C(=O)C(C)(C)C)n(-c3c(C)cccc3C)c2=O)o1. The van der Waals surface area contributed by atoms with E-state index >= 15 is 0 Å². The van der Waals surface area contributed by atoms with Gasteiger partial charge in [0.05, 0.1) is 10.2 Å². The smallest absolute Gasteiger partial charge is 0.273 e. The van der Waals surface area contributed by atoms with Gasteiger partial charge in [-0.1, -0.05) is 39.0 Å². The highest BCUT2D eigenvalue weighted by Crippen LogP contribution is 2.21. The van der Waals surface area contributed by atoms with Crippen molar-refractivity contribution in [3.8, 4) is 11.8 Å². The molecule has 0 unspecified atom stereocenters. The third-order valence-electron chi connectivity index (χ3n) is 4.76. The van der Waals surface area contributed by atoms with Crippen LogP contribution in [0.4, 0.5) is 0 Å². The van der Waals surface area contributed by atoms with Crippen LogP contribution in [0.5, 0.6) is 0 Å². The summed E-state index contributed by atoms with van der Waals surface area (Å²) in [6.07, 6.45) is 1.66. The summed E-state index contributed by atoms with van der Waals surface area (Å²) in [5, 5.41) is 9.87. The Morgan fingerprint density at radius 2 is 1.77 bits per heavy atom. The van der Waals surface area contributed by atoms with Crippen LogP contribution < -0.4 is 14.8 Å². The monoisotopic (exact) mass is 420 g/mol. The van der Waals surface area contributed by atoms with Crippen LogP contribution in [-0.2, 0) is 4.79 Å². The van der Waals surface area contributed by atoms with Crippen LogP contribution in [-0.4, -0.2) is 10.4 Å². The molecule has 0 N–H and O–H groups in total. The Balaban J connectivity index is 2.52. The van der Waals surface area contributed by atoms with Gasteiger partial charge in [-0.25, -0.2) is 0 Å². The van der Waals surface area contributed by atoms with Crippen molar-refractivity contribution in [3.63, 3.8) is 0 Å². The lowest BCUT2D eigenvalue weighted by Gasteiger charge is -2.16. The van der Waals surface area contributed by atoms with Crippen molar-refractivity contribution in [2.75, 3.05) is 0 Å². The zero-order valence-corrected chi connectivity index (χ0v) is 18.8. The fraction of sp³-hybridized carbons (Fsp3) is 0.292. The molecule has 0 aliphatic carbocycles. The number of nitrogens with zero attached hydrogens (tertiary/aromatic N) is 2. The van der Waals surface area contributed by atoms with Crippen LogP contribution in [0.15, 0.2) is 39.5 Å². The van der Waals surface area contributed by atoms with Gasteiger partial charge >= 0.3 is 0 Å². The minimum atomic E-state index is -0.751. The number of aryl methyl sites for hydroxylation is 3. The number of nitriles is 1. The number of furan rings is 1. The molecule has 0 saturated carbocycles. The fourth-order valence-corrected chi connectivity index (χ4v) is 4.31. The van der Waals surface area contributed by atoms with Crippen LogP contribution in [0, 0.1) is 37.5 Å². The first-order valence-corrected chi connectivity index (χ1v) is 10.4. The van der Waals surface area contributed by atoms with E-state index in [1.165, 1.54) is 4.57 Å². The second-order valence-electron chi connectivity index (χ2n) is 8.31. The van der Waals surface area contributed by atoms with E-state index in [2.05, 4.69) is 6.07 Å². The largest absolute Gasteiger partial charge is 0.462 e. The lowest BCUT2D eigenvalue weighted by molar-refractivity contribution is -0.120.